The van der Waals surface area contributed by atoms with Gasteiger partial charge in [0, 0.05) is 191 Å². The van der Waals surface area contributed by atoms with Crippen molar-refractivity contribution in [1.82, 2.24) is 0 Å². The molecule has 0 aliphatic carbocycles. The summed E-state index contributed by atoms with van der Waals surface area (Å²) in [5.74, 6) is 0. The van der Waals surface area contributed by atoms with Gasteiger partial charge in [-0.05, 0) is 235 Å². The summed E-state index contributed by atoms with van der Waals surface area (Å²) in [5.41, 5.74) is 37.9. The van der Waals surface area contributed by atoms with Gasteiger partial charge in [0.05, 0.1) is 32.1 Å². The molecule has 0 spiro atoms. The number of hydrogen-bond donors (Lipinski definition) is 0. The van der Waals surface area contributed by atoms with Crippen LogP contribution in [0.3, 0.4) is 0 Å². The zero-order chi connectivity index (χ0) is 91.4. The molecule has 21 aromatic carbocycles. The van der Waals surface area contributed by atoms with Gasteiger partial charge in [0.1, 0.15) is 0 Å². The van der Waals surface area contributed by atoms with Gasteiger partial charge in [-0.1, -0.05) is 267 Å². The zero-order valence-electron chi connectivity index (χ0n) is 75.4. The predicted octanol–water partition coefficient (Wildman–Crippen LogP) is 31.5. The third kappa shape index (κ3) is 10.8. The van der Waals surface area contributed by atoms with E-state index in [1.165, 1.54) is 283 Å². The Labute approximate surface area is 835 Å². The summed E-state index contributed by atoms with van der Waals surface area (Å²) in [6.07, 6.45) is 0. The molecule has 12 heterocycles. The summed E-state index contributed by atoms with van der Waals surface area (Å²) in [6, 6.07) is 165. The van der Waals surface area contributed by atoms with E-state index in [4.69, 9.17) is 0 Å². The smallest absolute Gasteiger partial charge is 0.252 e. The molecule has 0 saturated carbocycles. The molecular formula is C126H71B3N6S6. The van der Waals surface area contributed by atoms with E-state index in [0.717, 1.165) is 11.4 Å². The van der Waals surface area contributed by atoms with E-state index in [-0.39, 0.29) is 20.1 Å². The largest absolute Gasteiger partial charge is 0.311 e. The summed E-state index contributed by atoms with van der Waals surface area (Å²) < 4.78 is 15.4. The van der Waals surface area contributed by atoms with Crippen LogP contribution in [0.15, 0.2) is 431 Å². The topological polar surface area (TPSA) is 19.4 Å². The van der Waals surface area contributed by atoms with Gasteiger partial charge in [-0.25, -0.2) is 0 Å². The zero-order valence-corrected chi connectivity index (χ0v) is 80.3. The van der Waals surface area contributed by atoms with Crippen LogP contribution in [0.25, 0.3) is 143 Å². The maximum Gasteiger partial charge on any atom is 0.252 e. The number of para-hydroxylation sites is 4. The fourth-order valence-electron chi connectivity index (χ4n) is 25.5. The molecule has 33 rings (SSSR count). The Hall–Kier alpha value is -16.1. The predicted molar refractivity (Wildman–Crippen MR) is 617 cm³/mol. The molecule has 0 unspecified atom stereocenters. The van der Waals surface area contributed by atoms with Crippen LogP contribution in [0, 0.1) is 0 Å². The third-order valence-electron chi connectivity index (χ3n) is 31.2. The summed E-state index contributed by atoms with van der Waals surface area (Å²) in [6.45, 7) is -0.189. The van der Waals surface area contributed by atoms with Crippen LogP contribution < -0.4 is 78.6 Å². The maximum atomic E-state index is 2.63. The molecule has 6 aromatic heterocycles. The lowest BCUT2D eigenvalue weighted by molar-refractivity contribution is 1.26. The van der Waals surface area contributed by atoms with E-state index in [0.29, 0.717) is 0 Å². The Balaban J connectivity index is 0.529. The highest BCUT2D eigenvalue weighted by molar-refractivity contribution is 7.28. The molecule has 15 heteroatoms. The number of hydrogen-bond acceptors (Lipinski definition) is 12. The molecule has 0 fully saturated rings. The van der Waals surface area contributed by atoms with Crippen LogP contribution >= 0.6 is 68.0 Å². The van der Waals surface area contributed by atoms with Crippen molar-refractivity contribution in [2.45, 2.75) is 0 Å². The molecule has 0 N–H and O–H groups in total. The van der Waals surface area contributed by atoms with E-state index in [1.807, 2.05) is 68.0 Å². The average molecular weight is 1890 g/mol. The Kier molecular flexibility index (Phi) is 16.2. The minimum Gasteiger partial charge on any atom is -0.311 e. The lowest BCUT2D eigenvalue weighted by atomic mass is 9.33. The second-order valence-corrected chi connectivity index (χ2v) is 44.6. The van der Waals surface area contributed by atoms with E-state index in [2.05, 4.69) is 460 Å². The van der Waals surface area contributed by atoms with Crippen LogP contribution in [0.1, 0.15) is 0 Å². The Morgan fingerprint density at radius 2 is 0.433 bits per heavy atom. The molecule has 6 nitrogen and oxygen atoms in total. The Bertz CT molecular complexity index is 10300. The van der Waals surface area contributed by atoms with Crippen molar-refractivity contribution in [3.8, 4) is 22.3 Å². The minimum atomic E-state index is -0.133. The van der Waals surface area contributed by atoms with Crippen molar-refractivity contribution >= 4 is 361 Å². The lowest BCUT2D eigenvalue weighted by Gasteiger charge is -2.44. The van der Waals surface area contributed by atoms with Crippen molar-refractivity contribution < 1.29 is 0 Å². The summed E-state index contributed by atoms with van der Waals surface area (Å²) >= 11 is 11.4. The van der Waals surface area contributed by atoms with Crippen LogP contribution in [0.4, 0.5) is 102 Å². The first kappa shape index (κ1) is 77.9. The number of rotatable bonds is 8. The van der Waals surface area contributed by atoms with Crippen LogP contribution in [-0.4, -0.2) is 20.1 Å². The van der Waals surface area contributed by atoms with Crippen LogP contribution in [0.2, 0.25) is 0 Å². The number of nitrogens with zero attached hydrogens (tertiary/aromatic N) is 6. The Morgan fingerprint density at radius 3 is 0.965 bits per heavy atom. The van der Waals surface area contributed by atoms with E-state index in [9.17, 15) is 0 Å². The van der Waals surface area contributed by atoms with E-state index >= 15 is 0 Å². The van der Waals surface area contributed by atoms with Gasteiger partial charge >= 0.3 is 0 Å². The first-order valence-corrected chi connectivity index (χ1v) is 53.2. The molecule has 0 saturated heterocycles. The van der Waals surface area contributed by atoms with Crippen molar-refractivity contribution in [3.05, 3.63) is 431 Å². The molecule has 0 bridgehead atoms. The summed E-state index contributed by atoms with van der Waals surface area (Å²) in [5, 5.41) is 15.3. The molecule has 27 aromatic rings. The van der Waals surface area contributed by atoms with Gasteiger partial charge in [-0.3, -0.25) is 0 Å². The minimum absolute atomic E-state index is 0.00591. The highest BCUT2D eigenvalue weighted by Gasteiger charge is 2.49. The average Bonchev–Trinajstić information content (AvgIpc) is 1.51. The van der Waals surface area contributed by atoms with Crippen molar-refractivity contribution in [2.24, 2.45) is 0 Å². The first-order chi connectivity index (χ1) is 70.0. The van der Waals surface area contributed by atoms with Gasteiger partial charge in [-0.15, -0.1) is 68.0 Å². The highest BCUT2D eigenvalue weighted by Crippen LogP contribution is 2.57. The molecule has 6 aliphatic rings. The number of benzene rings is 21. The van der Waals surface area contributed by atoms with Crippen molar-refractivity contribution in [2.75, 3.05) is 29.4 Å². The second kappa shape index (κ2) is 29.3. The molecule has 650 valence electrons. The fraction of sp³-hybridized carbons (Fsp3) is 0. The molecule has 0 amide bonds. The summed E-state index contributed by atoms with van der Waals surface area (Å²) in [7, 11) is 0. The standard InChI is InChI=1S/C126H71B3N6S6/c1-13-51-110-78(25-1)81-63-60-75(70-117(81)137-110)130-94-37-9-5-33-88(94)128-92-67-72(58-65-98(92)131(103-44-20-43-102(130)121(103)128)76-61-64-82-79-26-2-14-52-111(79)138-118(82)71-76)73-57-62-83-85-31-19-50-109(126(85)141-116(83)69-73)134-97-40-12-8-36-91(97)129-93-68-74(59-66-99(93)135(107-48-22-47-106(134)123(107)129)108-49-18-30-84-80-27-3-15-53-112(80)139-125(84)108)77-29-17-32-87-120-101(42-24-56-115(120)140-124(77)87)133-96-39-11-7-35-90(96)127-89-34-6-10-38-95(89)132(104-45-21-46-105(133)122(104)127)100-41-23-55-114-119(100)86-28-4-16-54-113(86)136-114/h1-71H. The lowest BCUT2D eigenvalue weighted by Crippen LogP contribution is -2.61. The maximum absolute atomic E-state index is 2.63. The summed E-state index contributed by atoms with van der Waals surface area (Å²) in [4.78, 5) is 15.6. The second-order valence-electron chi connectivity index (χ2n) is 38.2. The van der Waals surface area contributed by atoms with Gasteiger partial charge in [0.2, 0.25) is 0 Å². The van der Waals surface area contributed by atoms with Gasteiger partial charge < -0.3 is 29.4 Å². The molecular weight excluding hydrogens is 1820 g/mol. The monoisotopic (exact) mass is 1890 g/mol. The number of anilines is 18. The number of fused-ring (bicyclic) bond motifs is 30. The quantitative estimate of drug-likeness (QED) is 0.140. The molecule has 6 aliphatic heterocycles. The van der Waals surface area contributed by atoms with Gasteiger partial charge in [0.15, 0.2) is 0 Å². The molecule has 0 atom stereocenters. The van der Waals surface area contributed by atoms with Gasteiger partial charge in [0.25, 0.3) is 20.1 Å². The van der Waals surface area contributed by atoms with Crippen molar-refractivity contribution in [1.29, 1.82) is 0 Å². The Morgan fingerprint density at radius 1 is 0.149 bits per heavy atom. The van der Waals surface area contributed by atoms with Crippen LogP contribution in [0.5, 0.6) is 0 Å². The third-order valence-corrected chi connectivity index (χ3v) is 38.2. The van der Waals surface area contributed by atoms with E-state index in [1.54, 1.807) is 0 Å². The number of thiophene rings is 6. The highest BCUT2D eigenvalue weighted by atomic mass is 32.1. The fourth-order valence-corrected chi connectivity index (χ4v) is 32.6. The molecule has 141 heavy (non-hydrogen) atoms. The molecule has 0 radical (unpaired) electrons. The van der Waals surface area contributed by atoms with E-state index < -0.39 is 0 Å². The van der Waals surface area contributed by atoms with Crippen LogP contribution in [-0.2, 0) is 0 Å². The normalized spacial score (nSPS) is 13.7. The SMILES string of the molecule is c1ccc2c(c1)B1c3cc(-c4ccc5c(c4)sc4c(N6c7ccccc7B7c8cc(-c9cccc%10c9sc9cccc(N%11c%12ccccc%12B%12c%13ccccc%13N(c%13cccc%14sc%15ccccc%15c%13%14)c%13cccc%11c%13%12)c9%10)ccc8N(c8cccc9c8sc8ccccc89)c8cccc6c87)cccc45)ccc3N(c3ccc4c(c3)sc3ccccc34)c3cccc(c31)N2c1ccc2c(c1)sc1ccccc12. The van der Waals surface area contributed by atoms with Gasteiger partial charge in [-0.2, -0.15) is 0 Å². The first-order valence-electron chi connectivity index (χ1n) is 48.3. The van der Waals surface area contributed by atoms with Crippen molar-refractivity contribution in [3.63, 3.8) is 0 Å².